The molecule has 0 atom stereocenters. The number of aromatic amines is 1. The van der Waals surface area contributed by atoms with Crippen molar-refractivity contribution in [2.75, 3.05) is 14.1 Å². The lowest BCUT2D eigenvalue weighted by Gasteiger charge is -2.27. The van der Waals surface area contributed by atoms with E-state index < -0.39 is 0 Å². The Hall–Kier alpha value is -0.830. The highest BCUT2D eigenvalue weighted by atomic mass is 15.1. The van der Waals surface area contributed by atoms with Crippen molar-refractivity contribution in [2.45, 2.75) is 38.1 Å². The van der Waals surface area contributed by atoms with Crippen LogP contribution in [0.3, 0.4) is 0 Å². The second-order valence-corrected chi connectivity index (χ2v) is 4.02. The monoisotopic (exact) mass is 195 g/mol. The fourth-order valence-electron chi connectivity index (χ4n) is 1.81. The van der Waals surface area contributed by atoms with Gasteiger partial charge in [0.25, 0.3) is 0 Å². The van der Waals surface area contributed by atoms with E-state index in [1.54, 1.807) is 18.7 Å². The molecule has 0 saturated heterocycles. The van der Waals surface area contributed by atoms with Crippen LogP contribution in [0.5, 0.6) is 0 Å². The van der Waals surface area contributed by atoms with E-state index in [-0.39, 0.29) is 0 Å². The zero-order valence-electron chi connectivity index (χ0n) is 9.24. The van der Waals surface area contributed by atoms with Crippen LogP contribution in [0.2, 0.25) is 0 Å². The maximum atomic E-state index is 3.67. The van der Waals surface area contributed by atoms with E-state index in [1.807, 2.05) is 0 Å². The summed E-state index contributed by atoms with van der Waals surface area (Å²) in [6, 6.07) is 0.888. The molecule has 0 spiro atoms. The minimum atomic E-state index is 0.888. The van der Waals surface area contributed by atoms with E-state index in [4.69, 9.17) is 0 Å². The molecule has 3 heteroatoms. The SMILES string of the molecule is CN(C)C1CCCCC1.c1c[nH]cn1. The molecule has 0 aliphatic heterocycles. The van der Waals surface area contributed by atoms with Crippen LogP contribution < -0.4 is 0 Å². The van der Waals surface area contributed by atoms with E-state index in [1.165, 1.54) is 32.1 Å². The summed E-state index contributed by atoms with van der Waals surface area (Å²) in [5.74, 6) is 0. The van der Waals surface area contributed by atoms with Gasteiger partial charge >= 0.3 is 0 Å². The van der Waals surface area contributed by atoms with Crippen molar-refractivity contribution < 1.29 is 0 Å². The molecule has 0 amide bonds. The molecule has 0 radical (unpaired) electrons. The molecule has 1 aliphatic carbocycles. The first-order valence-electron chi connectivity index (χ1n) is 5.40. The van der Waals surface area contributed by atoms with Crippen LogP contribution in [0.15, 0.2) is 18.7 Å². The van der Waals surface area contributed by atoms with Crippen molar-refractivity contribution in [1.29, 1.82) is 0 Å². The average Bonchev–Trinajstić information content (AvgIpc) is 2.77. The molecule has 1 aromatic rings. The summed E-state index contributed by atoms with van der Waals surface area (Å²) in [6.07, 6.45) is 12.3. The van der Waals surface area contributed by atoms with Gasteiger partial charge in [0.2, 0.25) is 0 Å². The van der Waals surface area contributed by atoms with Gasteiger partial charge in [-0.2, -0.15) is 0 Å². The fourth-order valence-corrected chi connectivity index (χ4v) is 1.81. The molecule has 0 unspecified atom stereocenters. The summed E-state index contributed by atoms with van der Waals surface area (Å²) in [4.78, 5) is 8.78. The predicted molar refractivity (Wildman–Crippen MR) is 59.1 cm³/mol. The summed E-state index contributed by atoms with van der Waals surface area (Å²) < 4.78 is 0. The Balaban J connectivity index is 0.000000165. The number of nitrogens with zero attached hydrogens (tertiary/aromatic N) is 2. The molecule has 3 nitrogen and oxygen atoms in total. The summed E-state index contributed by atoms with van der Waals surface area (Å²) in [5.41, 5.74) is 0. The lowest BCUT2D eigenvalue weighted by atomic mass is 9.95. The maximum absolute atomic E-state index is 3.67. The molecule has 1 aromatic heterocycles. The van der Waals surface area contributed by atoms with E-state index in [0.29, 0.717) is 0 Å². The van der Waals surface area contributed by atoms with Crippen molar-refractivity contribution in [3.05, 3.63) is 18.7 Å². The van der Waals surface area contributed by atoms with Gasteiger partial charge in [0.15, 0.2) is 0 Å². The maximum Gasteiger partial charge on any atom is 0.0919 e. The van der Waals surface area contributed by atoms with Gasteiger partial charge in [0.05, 0.1) is 6.33 Å². The molecule has 14 heavy (non-hydrogen) atoms. The molecule has 1 fully saturated rings. The number of hydrogen-bond donors (Lipinski definition) is 1. The normalized spacial score (nSPS) is 17.6. The van der Waals surface area contributed by atoms with Gasteiger partial charge in [-0.05, 0) is 26.9 Å². The Labute approximate surface area is 86.5 Å². The number of rotatable bonds is 1. The number of H-pyrrole nitrogens is 1. The Bertz CT molecular complexity index is 183. The van der Waals surface area contributed by atoms with Crippen molar-refractivity contribution in [3.8, 4) is 0 Å². The summed E-state index contributed by atoms with van der Waals surface area (Å²) in [5, 5.41) is 0. The third kappa shape index (κ3) is 4.42. The molecule has 80 valence electrons. The second kappa shape index (κ2) is 6.60. The smallest absolute Gasteiger partial charge is 0.0919 e. The van der Waals surface area contributed by atoms with Gasteiger partial charge < -0.3 is 9.88 Å². The van der Waals surface area contributed by atoms with Crippen LogP contribution >= 0.6 is 0 Å². The predicted octanol–water partition coefficient (Wildman–Crippen LogP) is 2.29. The van der Waals surface area contributed by atoms with Crippen molar-refractivity contribution in [3.63, 3.8) is 0 Å². The molecule has 0 aromatic carbocycles. The third-order valence-corrected chi connectivity index (χ3v) is 2.71. The van der Waals surface area contributed by atoms with Crippen LogP contribution in [0, 0.1) is 0 Å². The van der Waals surface area contributed by atoms with Crippen molar-refractivity contribution in [2.24, 2.45) is 0 Å². The van der Waals surface area contributed by atoms with Gasteiger partial charge in [-0.25, -0.2) is 4.98 Å². The highest BCUT2D eigenvalue weighted by molar-refractivity contribution is 4.70. The van der Waals surface area contributed by atoms with Crippen LogP contribution in [-0.2, 0) is 0 Å². The minimum absolute atomic E-state index is 0.888. The molecule has 1 N–H and O–H groups in total. The Morgan fingerprint density at radius 3 is 2.21 bits per heavy atom. The van der Waals surface area contributed by atoms with Crippen LogP contribution in [-0.4, -0.2) is 35.0 Å². The fraction of sp³-hybridized carbons (Fsp3) is 0.727. The standard InChI is InChI=1S/C8H17N.C3H4N2/c1-9(2)8-6-4-3-5-7-8;1-2-5-3-4-1/h8H,3-7H2,1-2H3;1-3H,(H,4,5). The molecule has 0 bridgehead atoms. The first-order chi connectivity index (χ1) is 6.80. The molecular formula is C11H21N3. The van der Waals surface area contributed by atoms with Crippen molar-refractivity contribution >= 4 is 0 Å². The number of imidazole rings is 1. The largest absolute Gasteiger partial charge is 0.351 e. The van der Waals surface area contributed by atoms with E-state index >= 15 is 0 Å². The quantitative estimate of drug-likeness (QED) is 0.745. The Kier molecular flexibility index (Phi) is 5.30. The average molecular weight is 195 g/mol. The van der Waals surface area contributed by atoms with Crippen molar-refractivity contribution in [1.82, 2.24) is 14.9 Å². The van der Waals surface area contributed by atoms with Gasteiger partial charge in [0.1, 0.15) is 0 Å². The third-order valence-electron chi connectivity index (χ3n) is 2.71. The van der Waals surface area contributed by atoms with Crippen LogP contribution in [0.4, 0.5) is 0 Å². The number of aromatic nitrogens is 2. The summed E-state index contributed by atoms with van der Waals surface area (Å²) >= 11 is 0. The zero-order chi connectivity index (χ0) is 10.2. The summed E-state index contributed by atoms with van der Waals surface area (Å²) in [7, 11) is 4.38. The van der Waals surface area contributed by atoms with Gasteiger partial charge in [-0.3, -0.25) is 0 Å². The summed E-state index contributed by atoms with van der Waals surface area (Å²) in [6.45, 7) is 0. The van der Waals surface area contributed by atoms with E-state index in [0.717, 1.165) is 6.04 Å². The van der Waals surface area contributed by atoms with Crippen LogP contribution in [0.1, 0.15) is 32.1 Å². The number of hydrogen-bond acceptors (Lipinski definition) is 2. The Morgan fingerprint density at radius 1 is 1.21 bits per heavy atom. The molecule has 1 aliphatic rings. The highest BCUT2D eigenvalue weighted by Crippen LogP contribution is 2.20. The lowest BCUT2D eigenvalue weighted by molar-refractivity contribution is 0.229. The van der Waals surface area contributed by atoms with Gasteiger partial charge in [0, 0.05) is 18.4 Å². The highest BCUT2D eigenvalue weighted by Gasteiger charge is 2.13. The van der Waals surface area contributed by atoms with E-state index in [9.17, 15) is 0 Å². The second-order valence-electron chi connectivity index (χ2n) is 4.02. The van der Waals surface area contributed by atoms with Gasteiger partial charge in [-0.15, -0.1) is 0 Å². The van der Waals surface area contributed by atoms with Crippen LogP contribution in [0.25, 0.3) is 0 Å². The molecule has 1 heterocycles. The van der Waals surface area contributed by atoms with Gasteiger partial charge in [-0.1, -0.05) is 19.3 Å². The number of nitrogens with one attached hydrogen (secondary N) is 1. The topological polar surface area (TPSA) is 31.9 Å². The first kappa shape index (κ1) is 11.2. The molecule has 2 rings (SSSR count). The van der Waals surface area contributed by atoms with E-state index in [2.05, 4.69) is 29.0 Å². The first-order valence-corrected chi connectivity index (χ1v) is 5.40. The lowest BCUT2D eigenvalue weighted by Crippen LogP contribution is -2.29. The molecular weight excluding hydrogens is 174 g/mol. The minimum Gasteiger partial charge on any atom is -0.351 e. The molecule has 1 saturated carbocycles. The zero-order valence-corrected chi connectivity index (χ0v) is 9.24. The Morgan fingerprint density at radius 2 is 1.93 bits per heavy atom.